The van der Waals surface area contributed by atoms with Gasteiger partial charge in [-0.1, -0.05) is 6.92 Å². The van der Waals surface area contributed by atoms with Crippen molar-refractivity contribution in [3.8, 4) is 0 Å². The van der Waals surface area contributed by atoms with E-state index in [4.69, 9.17) is 5.73 Å². The number of carbonyl (C=O) groups excluding carboxylic acids is 2. The van der Waals surface area contributed by atoms with Crippen molar-refractivity contribution in [2.45, 2.75) is 32.4 Å². The molecule has 2 heterocycles. The number of hydrogen-bond acceptors (Lipinski definition) is 4. The van der Waals surface area contributed by atoms with Gasteiger partial charge in [-0.25, -0.2) is 4.39 Å². The van der Waals surface area contributed by atoms with Crippen LogP contribution < -0.4 is 16.1 Å². The molecular weight excluding hydrogens is 385 g/mol. The highest BCUT2D eigenvalue weighted by molar-refractivity contribution is 6.44. The van der Waals surface area contributed by atoms with Gasteiger partial charge in [0, 0.05) is 35.8 Å². The average molecular weight is 407 g/mol. The maximum Gasteiger partial charge on any atom is 0.271 e. The van der Waals surface area contributed by atoms with Crippen molar-refractivity contribution in [3.63, 3.8) is 0 Å². The van der Waals surface area contributed by atoms with Crippen LogP contribution in [0.2, 0.25) is 0 Å². The molecule has 3 aromatic rings. The first-order chi connectivity index (χ1) is 14.5. The quantitative estimate of drug-likeness (QED) is 0.657. The van der Waals surface area contributed by atoms with Crippen LogP contribution in [-0.4, -0.2) is 28.1 Å². The summed E-state index contributed by atoms with van der Waals surface area (Å²) in [5.74, 6) is -1.42. The second kappa shape index (κ2) is 7.98. The summed E-state index contributed by atoms with van der Waals surface area (Å²) in [6, 6.07) is 12.4. The number of nitrogens with one attached hydrogen (secondary N) is 1. The van der Waals surface area contributed by atoms with E-state index >= 15 is 0 Å². The number of hydrazone groups is 1. The lowest BCUT2D eigenvalue weighted by Gasteiger charge is -2.20. The van der Waals surface area contributed by atoms with Crippen LogP contribution in [0.15, 0.2) is 59.8 Å². The molecule has 0 spiro atoms. The molecule has 1 unspecified atom stereocenters. The Hall–Kier alpha value is -3.68. The van der Waals surface area contributed by atoms with Crippen molar-refractivity contribution < 1.29 is 14.0 Å². The van der Waals surface area contributed by atoms with Crippen LogP contribution in [0.1, 0.15) is 19.8 Å². The summed E-state index contributed by atoms with van der Waals surface area (Å²) in [5, 5.41) is 9.52. The van der Waals surface area contributed by atoms with Crippen molar-refractivity contribution in [3.05, 3.63) is 60.5 Å². The number of nitrogens with two attached hydrogens (primary N) is 1. The van der Waals surface area contributed by atoms with Crippen LogP contribution in [0.4, 0.5) is 15.8 Å². The summed E-state index contributed by atoms with van der Waals surface area (Å²) < 4.78 is 15.4. The van der Waals surface area contributed by atoms with E-state index in [0.717, 1.165) is 23.9 Å². The van der Waals surface area contributed by atoms with Crippen LogP contribution in [0.25, 0.3) is 10.9 Å². The zero-order valence-electron chi connectivity index (χ0n) is 16.5. The molecule has 0 saturated heterocycles. The van der Waals surface area contributed by atoms with Gasteiger partial charge in [0.15, 0.2) is 0 Å². The van der Waals surface area contributed by atoms with Crippen LogP contribution in [0, 0.1) is 5.82 Å². The van der Waals surface area contributed by atoms with Crippen molar-refractivity contribution in [2.24, 2.45) is 10.8 Å². The van der Waals surface area contributed by atoms with Crippen molar-refractivity contribution in [1.29, 1.82) is 0 Å². The maximum absolute atomic E-state index is 13.2. The smallest absolute Gasteiger partial charge is 0.271 e. The Labute approximate surface area is 173 Å². The summed E-state index contributed by atoms with van der Waals surface area (Å²) in [7, 11) is 0. The predicted molar refractivity (Wildman–Crippen MR) is 115 cm³/mol. The third kappa shape index (κ3) is 3.76. The van der Waals surface area contributed by atoms with Crippen molar-refractivity contribution >= 4 is 39.8 Å². The third-order valence-electron chi connectivity index (χ3n) is 5.09. The summed E-state index contributed by atoms with van der Waals surface area (Å²) in [6.07, 6.45) is 3.14. The summed E-state index contributed by atoms with van der Waals surface area (Å²) in [5.41, 5.74) is 7.91. The SMILES string of the molecule is CCCn1ccc2cc(NC(=O)C3=NN(c4ccc(F)cc4)C(C(N)=O)C3)ccc21. The van der Waals surface area contributed by atoms with Crippen molar-refractivity contribution in [1.82, 2.24) is 4.57 Å². The van der Waals surface area contributed by atoms with Gasteiger partial charge in [0.2, 0.25) is 5.91 Å². The number of fused-ring (bicyclic) bond motifs is 1. The molecule has 1 aromatic heterocycles. The van der Waals surface area contributed by atoms with E-state index < -0.39 is 23.7 Å². The molecule has 0 bridgehead atoms. The Balaban J connectivity index is 1.55. The lowest BCUT2D eigenvalue weighted by Crippen LogP contribution is -2.39. The molecule has 8 heteroatoms. The van der Waals surface area contributed by atoms with E-state index in [0.29, 0.717) is 11.4 Å². The number of amides is 2. The number of anilines is 2. The van der Waals surface area contributed by atoms with Crippen LogP contribution in [0.5, 0.6) is 0 Å². The normalized spacial score (nSPS) is 16.0. The van der Waals surface area contributed by atoms with Gasteiger partial charge in [0.25, 0.3) is 5.91 Å². The second-order valence-electron chi connectivity index (χ2n) is 7.23. The van der Waals surface area contributed by atoms with Gasteiger partial charge >= 0.3 is 0 Å². The maximum atomic E-state index is 13.2. The average Bonchev–Trinajstić information content (AvgIpc) is 3.34. The molecule has 0 saturated carbocycles. The van der Waals surface area contributed by atoms with Gasteiger partial charge in [-0.15, -0.1) is 0 Å². The first-order valence-electron chi connectivity index (χ1n) is 9.78. The minimum absolute atomic E-state index is 0.0770. The molecule has 4 rings (SSSR count). The Morgan fingerprint density at radius 1 is 1.20 bits per heavy atom. The number of hydrogen-bond donors (Lipinski definition) is 2. The van der Waals surface area contributed by atoms with Gasteiger partial charge < -0.3 is 15.6 Å². The van der Waals surface area contributed by atoms with Crippen LogP contribution in [-0.2, 0) is 16.1 Å². The molecule has 0 radical (unpaired) electrons. The zero-order valence-corrected chi connectivity index (χ0v) is 16.5. The fourth-order valence-corrected chi connectivity index (χ4v) is 3.62. The minimum Gasteiger partial charge on any atom is -0.368 e. The Morgan fingerprint density at radius 2 is 1.97 bits per heavy atom. The number of halogens is 1. The molecule has 1 aliphatic heterocycles. The van der Waals surface area contributed by atoms with E-state index in [1.165, 1.54) is 29.3 Å². The molecule has 0 fully saturated rings. The van der Waals surface area contributed by atoms with E-state index in [1.54, 1.807) is 0 Å². The predicted octanol–water partition coefficient (Wildman–Crippen LogP) is 3.25. The number of rotatable bonds is 6. The fraction of sp³-hybridized carbons (Fsp3) is 0.227. The topological polar surface area (TPSA) is 92.7 Å². The van der Waals surface area contributed by atoms with Gasteiger partial charge in [0.05, 0.1) is 5.69 Å². The lowest BCUT2D eigenvalue weighted by atomic mass is 10.1. The van der Waals surface area contributed by atoms with E-state index in [-0.39, 0.29) is 12.1 Å². The Morgan fingerprint density at radius 3 is 2.67 bits per heavy atom. The molecular formula is C22H22FN5O2. The first kappa shape index (κ1) is 19.6. The van der Waals surface area contributed by atoms with Gasteiger partial charge in [0.1, 0.15) is 17.6 Å². The number of primary amides is 1. The third-order valence-corrected chi connectivity index (χ3v) is 5.09. The standard InChI is InChI=1S/C22H22FN5O2/c1-2-10-27-11-9-14-12-16(5-8-19(14)27)25-22(30)18-13-20(21(24)29)28(26-18)17-6-3-15(23)4-7-17/h3-9,11-12,20H,2,10,13H2,1H3,(H2,24,29)(H,25,30). The van der Waals surface area contributed by atoms with Crippen LogP contribution in [0.3, 0.4) is 0 Å². The molecule has 1 aliphatic rings. The monoisotopic (exact) mass is 407 g/mol. The second-order valence-corrected chi connectivity index (χ2v) is 7.23. The number of nitrogens with zero attached hydrogens (tertiary/aromatic N) is 3. The highest BCUT2D eigenvalue weighted by atomic mass is 19.1. The molecule has 1 atom stereocenters. The number of aryl methyl sites for hydroxylation is 1. The molecule has 2 amide bonds. The summed E-state index contributed by atoms with van der Waals surface area (Å²) >= 11 is 0. The molecule has 3 N–H and O–H groups in total. The molecule has 0 aliphatic carbocycles. The minimum atomic E-state index is -0.804. The van der Waals surface area contributed by atoms with Gasteiger partial charge in [-0.05, 0) is 55.0 Å². The lowest BCUT2D eigenvalue weighted by molar-refractivity contribution is -0.119. The molecule has 7 nitrogen and oxygen atoms in total. The highest BCUT2D eigenvalue weighted by Gasteiger charge is 2.35. The highest BCUT2D eigenvalue weighted by Crippen LogP contribution is 2.26. The molecule has 30 heavy (non-hydrogen) atoms. The van der Waals surface area contributed by atoms with E-state index in [2.05, 4.69) is 21.9 Å². The Kier molecular flexibility index (Phi) is 5.22. The largest absolute Gasteiger partial charge is 0.368 e. The fourth-order valence-electron chi connectivity index (χ4n) is 3.62. The Bertz CT molecular complexity index is 1140. The molecule has 154 valence electrons. The van der Waals surface area contributed by atoms with E-state index in [1.807, 2.05) is 30.5 Å². The first-order valence-corrected chi connectivity index (χ1v) is 9.78. The number of carbonyl (C=O) groups is 2. The van der Waals surface area contributed by atoms with Crippen molar-refractivity contribution in [2.75, 3.05) is 10.3 Å². The van der Waals surface area contributed by atoms with Crippen LogP contribution >= 0.6 is 0 Å². The van der Waals surface area contributed by atoms with E-state index in [9.17, 15) is 14.0 Å². The number of aromatic nitrogens is 1. The summed E-state index contributed by atoms with van der Waals surface area (Å²) in [6.45, 7) is 3.05. The van der Waals surface area contributed by atoms with Gasteiger partial charge in [-0.3, -0.25) is 14.6 Å². The zero-order chi connectivity index (χ0) is 21.3. The van der Waals surface area contributed by atoms with Gasteiger partial charge in [-0.2, -0.15) is 5.10 Å². The number of benzene rings is 2. The molecule has 2 aromatic carbocycles. The summed E-state index contributed by atoms with van der Waals surface area (Å²) in [4.78, 5) is 24.7.